The molecular weight excluding hydrogens is 362 g/mol. The number of benzene rings is 3. The standard InChI is InChI=1S/C25H19NO3/c1-15-12-13-18(14-16(15)2)26-22(17-8-4-3-5-9-17)21-23(27)19-10-6-7-11-20(19)29-24(21)25(26)28/h3-14,22H,1-2H3. The normalized spacial score (nSPS) is 15.7. The highest BCUT2D eigenvalue weighted by Gasteiger charge is 2.43. The van der Waals surface area contributed by atoms with Crippen molar-refractivity contribution in [2.75, 3.05) is 4.90 Å². The molecule has 1 aliphatic rings. The first-order valence-electron chi connectivity index (χ1n) is 9.58. The number of aryl methyl sites for hydroxylation is 2. The summed E-state index contributed by atoms with van der Waals surface area (Å²) in [5.74, 6) is -0.166. The number of fused-ring (bicyclic) bond motifs is 2. The molecule has 2 heterocycles. The maximum absolute atomic E-state index is 13.5. The number of carbonyl (C=O) groups excluding carboxylic acids is 1. The molecule has 0 radical (unpaired) electrons. The molecule has 0 saturated heterocycles. The minimum Gasteiger partial charge on any atom is -0.450 e. The molecule has 1 aromatic heterocycles. The molecule has 0 bridgehead atoms. The van der Waals surface area contributed by atoms with Crippen LogP contribution in [-0.2, 0) is 0 Å². The lowest BCUT2D eigenvalue weighted by Crippen LogP contribution is -2.29. The molecule has 0 N–H and O–H groups in total. The second-order valence-corrected chi connectivity index (χ2v) is 7.43. The van der Waals surface area contributed by atoms with Gasteiger partial charge < -0.3 is 4.42 Å². The molecule has 1 atom stereocenters. The molecule has 4 nitrogen and oxygen atoms in total. The summed E-state index contributed by atoms with van der Waals surface area (Å²) in [5.41, 5.74) is 4.53. The van der Waals surface area contributed by atoms with Crippen molar-refractivity contribution in [1.82, 2.24) is 0 Å². The summed E-state index contributed by atoms with van der Waals surface area (Å²) in [7, 11) is 0. The van der Waals surface area contributed by atoms with Crippen molar-refractivity contribution in [3.8, 4) is 0 Å². The Morgan fingerprint density at radius 3 is 2.31 bits per heavy atom. The Bertz CT molecular complexity index is 1320. The van der Waals surface area contributed by atoms with Crippen LogP contribution in [0.15, 0.2) is 82.0 Å². The number of para-hydroxylation sites is 1. The number of nitrogens with zero attached hydrogens (tertiary/aromatic N) is 1. The second-order valence-electron chi connectivity index (χ2n) is 7.43. The predicted molar refractivity (Wildman–Crippen MR) is 113 cm³/mol. The van der Waals surface area contributed by atoms with E-state index in [2.05, 4.69) is 0 Å². The van der Waals surface area contributed by atoms with Crippen LogP contribution in [0.1, 0.15) is 38.9 Å². The highest BCUT2D eigenvalue weighted by Crippen LogP contribution is 2.41. The van der Waals surface area contributed by atoms with E-state index in [1.165, 1.54) is 0 Å². The zero-order valence-electron chi connectivity index (χ0n) is 16.2. The minimum atomic E-state index is -0.526. The van der Waals surface area contributed by atoms with Gasteiger partial charge in [-0.15, -0.1) is 0 Å². The van der Waals surface area contributed by atoms with Crippen LogP contribution in [0.2, 0.25) is 0 Å². The van der Waals surface area contributed by atoms with Crippen LogP contribution in [0.5, 0.6) is 0 Å². The number of rotatable bonds is 2. The molecule has 4 aromatic rings. The summed E-state index contributed by atoms with van der Waals surface area (Å²) < 4.78 is 5.96. The van der Waals surface area contributed by atoms with Crippen molar-refractivity contribution < 1.29 is 9.21 Å². The quantitative estimate of drug-likeness (QED) is 0.482. The van der Waals surface area contributed by atoms with Gasteiger partial charge in [0.25, 0.3) is 5.91 Å². The average molecular weight is 381 g/mol. The maximum Gasteiger partial charge on any atom is 0.295 e. The first kappa shape index (κ1) is 17.4. The third-order valence-corrected chi connectivity index (χ3v) is 5.66. The Labute approximate surface area is 168 Å². The monoisotopic (exact) mass is 381 g/mol. The number of amides is 1. The van der Waals surface area contributed by atoms with Gasteiger partial charge in [0.15, 0.2) is 5.43 Å². The summed E-state index contributed by atoms with van der Waals surface area (Å²) in [4.78, 5) is 28.6. The SMILES string of the molecule is Cc1ccc(N2C(=O)c3oc4ccccc4c(=O)c3C2c2ccccc2)cc1C. The fraction of sp³-hybridized carbons (Fsp3) is 0.120. The summed E-state index contributed by atoms with van der Waals surface area (Å²) in [6.45, 7) is 4.05. The first-order chi connectivity index (χ1) is 14.1. The van der Waals surface area contributed by atoms with Gasteiger partial charge in [-0.2, -0.15) is 0 Å². The molecular formula is C25H19NO3. The largest absolute Gasteiger partial charge is 0.450 e. The van der Waals surface area contributed by atoms with E-state index in [-0.39, 0.29) is 17.1 Å². The van der Waals surface area contributed by atoms with Crippen LogP contribution >= 0.6 is 0 Å². The average Bonchev–Trinajstić information content (AvgIpc) is 3.04. The molecule has 1 amide bonds. The van der Waals surface area contributed by atoms with E-state index in [1.54, 1.807) is 29.2 Å². The molecule has 29 heavy (non-hydrogen) atoms. The first-order valence-corrected chi connectivity index (χ1v) is 9.58. The topological polar surface area (TPSA) is 50.5 Å². The molecule has 1 aliphatic heterocycles. The lowest BCUT2D eigenvalue weighted by molar-refractivity contribution is 0.0971. The summed E-state index contributed by atoms with van der Waals surface area (Å²) in [5, 5.41) is 0.488. The Hall–Kier alpha value is -3.66. The number of anilines is 1. The van der Waals surface area contributed by atoms with Crippen LogP contribution in [0.4, 0.5) is 5.69 Å². The summed E-state index contributed by atoms with van der Waals surface area (Å²) >= 11 is 0. The van der Waals surface area contributed by atoms with Crippen molar-refractivity contribution >= 4 is 22.6 Å². The zero-order chi connectivity index (χ0) is 20.1. The van der Waals surface area contributed by atoms with E-state index in [4.69, 9.17) is 4.42 Å². The van der Waals surface area contributed by atoms with Crippen molar-refractivity contribution in [2.45, 2.75) is 19.9 Å². The lowest BCUT2D eigenvalue weighted by atomic mass is 9.98. The van der Waals surface area contributed by atoms with Gasteiger partial charge in [0.2, 0.25) is 5.76 Å². The summed E-state index contributed by atoms with van der Waals surface area (Å²) in [6, 6.07) is 22.1. The zero-order valence-corrected chi connectivity index (χ0v) is 16.2. The third kappa shape index (κ3) is 2.60. The van der Waals surface area contributed by atoms with Crippen LogP contribution in [0.25, 0.3) is 11.0 Å². The highest BCUT2D eigenvalue weighted by atomic mass is 16.3. The second kappa shape index (κ2) is 6.45. The Morgan fingerprint density at radius 1 is 0.828 bits per heavy atom. The fourth-order valence-corrected chi connectivity index (χ4v) is 4.01. The number of carbonyl (C=O) groups is 1. The molecule has 0 aliphatic carbocycles. The molecule has 5 rings (SSSR count). The number of hydrogen-bond donors (Lipinski definition) is 0. The molecule has 0 fully saturated rings. The fourth-order valence-electron chi connectivity index (χ4n) is 4.01. The molecule has 1 unspecified atom stereocenters. The van der Waals surface area contributed by atoms with Crippen LogP contribution < -0.4 is 10.3 Å². The Balaban J connectivity index is 1.82. The minimum absolute atomic E-state index is 0.126. The Morgan fingerprint density at radius 2 is 1.55 bits per heavy atom. The van der Waals surface area contributed by atoms with E-state index in [9.17, 15) is 9.59 Å². The van der Waals surface area contributed by atoms with Crippen molar-refractivity contribution in [1.29, 1.82) is 0 Å². The van der Waals surface area contributed by atoms with Gasteiger partial charge in [-0.1, -0.05) is 48.5 Å². The maximum atomic E-state index is 13.5. The van der Waals surface area contributed by atoms with Gasteiger partial charge in [-0.3, -0.25) is 14.5 Å². The van der Waals surface area contributed by atoms with E-state index in [1.807, 2.05) is 62.4 Å². The molecule has 3 aromatic carbocycles. The van der Waals surface area contributed by atoms with E-state index >= 15 is 0 Å². The van der Waals surface area contributed by atoms with Crippen molar-refractivity contribution in [2.24, 2.45) is 0 Å². The smallest absolute Gasteiger partial charge is 0.295 e. The van der Waals surface area contributed by atoms with Gasteiger partial charge >= 0.3 is 0 Å². The lowest BCUT2D eigenvalue weighted by Gasteiger charge is -2.25. The van der Waals surface area contributed by atoms with Gasteiger partial charge in [0, 0.05) is 5.69 Å². The predicted octanol–water partition coefficient (Wildman–Crippen LogP) is 5.16. The highest BCUT2D eigenvalue weighted by molar-refractivity contribution is 6.10. The molecule has 142 valence electrons. The Kier molecular flexibility index (Phi) is 3.88. The van der Waals surface area contributed by atoms with E-state index in [0.717, 1.165) is 22.4 Å². The number of hydrogen-bond acceptors (Lipinski definition) is 3. The van der Waals surface area contributed by atoms with Gasteiger partial charge in [-0.05, 0) is 54.8 Å². The molecule has 0 spiro atoms. The summed E-state index contributed by atoms with van der Waals surface area (Å²) in [6.07, 6.45) is 0. The van der Waals surface area contributed by atoms with E-state index < -0.39 is 6.04 Å². The van der Waals surface area contributed by atoms with E-state index in [0.29, 0.717) is 16.5 Å². The van der Waals surface area contributed by atoms with Crippen LogP contribution in [0, 0.1) is 13.8 Å². The van der Waals surface area contributed by atoms with Crippen molar-refractivity contribution in [3.63, 3.8) is 0 Å². The van der Waals surface area contributed by atoms with Crippen LogP contribution in [0.3, 0.4) is 0 Å². The van der Waals surface area contributed by atoms with Gasteiger partial charge in [-0.25, -0.2) is 0 Å². The van der Waals surface area contributed by atoms with Gasteiger partial charge in [0.1, 0.15) is 5.58 Å². The molecule has 0 saturated carbocycles. The van der Waals surface area contributed by atoms with Crippen molar-refractivity contribution in [3.05, 3.63) is 111 Å². The van der Waals surface area contributed by atoms with Gasteiger partial charge in [0.05, 0.1) is 17.0 Å². The molecule has 4 heteroatoms. The third-order valence-electron chi connectivity index (χ3n) is 5.66. The van der Waals surface area contributed by atoms with Crippen LogP contribution in [-0.4, -0.2) is 5.91 Å².